The number of anilines is 1. The fourth-order valence-corrected chi connectivity index (χ4v) is 3.28. The minimum Gasteiger partial charge on any atom is -0.350 e. The van der Waals surface area contributed by atoms with Gasteiger partial charge in [-0.05, 0) is 37.5 Å². The molecule has 0 radical (unpaired) electrons. The molecule has 0 spiro atoms. The number of hydrogen-bond acceptors (Lipinski definition) is 4. The molecule has 0 aromatic carbocycles. The number of nitrogens with zero attached hydrogens (tertiary/aromatic N) is 5. The lowest BCUT2D eigenvalue weighted by atomic mass is 9.82. The van der Waals surface area contributed by atoms with E-state index in [0.29, 0.717) is 18.8 Å². The third kappa shape index (κ3) is 2.43. The van der Waals surface area contributed by atoms with Crippen molar-refractivity contribution in [3.8, 4) is 11.1 Å². The summed E-state index contributed by atoms with van der Waals surface area (Å²) in [6.45, 7) is 0.268. The first-order valence-corrected chi connectivity index (χ1v) is 8.41. The summed E-state index contributed by atoms with van der Waals surface area (Å²) in [5, 5.41) is 7.46. The van der Waals surface area contributed by atoms with Crippen molar-refractivity contribution in [3.63, 3.8) is 0 Å². The van der Waals surface area contributed by atoms with Gasteiger partial charge in [-0.15, -0.1) is 5.10 Å². The summed E-state index contributed by atoms with van der Waals surface area (Å²) in [7, 11) is 0. The largest absolute Gasteiger partial charge is 0.350 e. The van der Waals surface area contributed by atoms with Crippen LogP contribution in [0.15, 0.2) is 49.2 Å². The third-order valence-electron chi connectivity index (χ3n) is 4.93. The van der Waals surface area contributed by atoms with Crippen LogP contribution in [0, 0.1) is 0 Å². The molecule has 7 heteroatoms. The van der Waals surface area contributed by atoms with Crippen molar-refractivity contribution in [2.24, 2.45) is 0 Å². The van der Waals surface area contributed by atoms with Crippen LogP contribution in [-0.2, 0) is 0 Å². The predicted molar refractivity (Wildman–Crippen MR) is 93.4 cm³/mol. The Bertz CT molecular complexity index is 1060. The van der Waals surface area contributed by atoms with Crippen LogP contribution < -0.4 is 5.32 Å². The fourth-order valence-electron chi connectivity index (χ4n) is 3.28. The highest BCUT2D eigenvalue weighted by molar-refractivity contribution is 5.80. The van der Waals surface area contributed by atoms with E-state index >= 15 is 0 Å². The molecule has 1 aliphatic rings. The Balaban J connectivity index is 1.46. The van der Waals surface area contributed by atoms with E-state index in [-0.39, 0.29) is 6.54 Å². The summed E-state index contributed by atoms with van der Waals surface area (Å²) >= 11 is 0. The van der Waals surface area contributed by atoms with Crippen LogP contribution in [0.25, 0.3) is 22.3 Å². The molecule has 0 aliphatic heterocycles. The Morgan fingerprint density at radius 3 is 2.92 bits per heavy atom. The van der Waals surface area contributed by atoms with Crippen LogP contribution in [0.3, 0.4) is 0 Å². The molecule has 25 heavy (non-hydrogen) atoms. The first-order valence-electron chi connectivity index (χ1n) is 8.41. The van der Waals surface area contributed by atoms with Gasteiger partial charge in [-0.3, -0.25) is 0 Å². The van der Waals surface area contributed by atoms with Gasteiger partial charge in [0.2, 0.25) is 5.95 Å². The molecule has 4 aromatic rings. The Labute approximate surface area is 143 Å². The van der Waals surface area contributed by atoms with Gasteiger partial charge in [-0.25, -0.2) is 18.9 Å². The highest BCUT2D eigenvalue weighted by atomic mass is 19.1. The Morgan fingerprint density at radius 1 is 1.16 bits per heavy atom. The Hall–Kier alpha value is -2.96. The summed E-state index contributed by atoms with van der Waals surface area (Å²) in [4.78, 5) is 8.61. The molecule has 5 rings (SSSR count). The first-order chi connectivity index (χ1) is 12.2. The van der Waals surface area contributed by atoms with Crippen LogP contribution in [0.5, 0.6) is 0 Å². The van der Waals surface area contributed by atoms with Crippen molar-refractivity contribution in [1.29, 1.82) is 0 Å². The first kappa shape index (κ1) is 14.4. The molecular weight excluding hydrogens is 319 g/mol. The maximum atomic E-state index is 14.1. The molecule has 6 nitrogen and oxygen atoms in total. The number of halogens is 1. The Kier molecular flexibility index (Phi) is 3.03. The van der Waals surface area contributed by atoms with Gasteiger partial charge < -0.3 is 9.72 Å². The van der Waals surface area contributed by atoms with Crippen molar-refractivity contribution in [1.82, 2.24) is 24.0 Å². The fraction of sp³-hybridized carbons (Fsp3) is 0.278. The number of fused-ring (bicyclic) bond motifs is 2. The number of imidazole rings is 1. The van der Waals surface area contributed by atoms with Crippen LogP contribution in [0.1, 0.15) is 19.3 Å². The number of alkyl halides is 1. The molecule has 4 heterocycles. The maximum absolute atomic E-state index is 14.1. The zero-order valence-electron chi connectivity index (χ0n) is 13.6. The van der Waals surface area contributed by atoms with Crippen molar-refractivity contribution < 1.29 is 4.39 Å². The van der Waals surface area contributed by atoms with Crippen LogP contribution in [-0.4, -0.2) is 36.2 Å². The van der Waals surface area contributed by atoms with E-state index in [9.17, 15) is 4.39 Å². The zero-order chi connectivity index (χ0) is 16.9. The van der Waals surface area contributed by atoms with Gasteiger partial charge in [-0.2, -0.15) is 0 Å². The van der Waals surface area contributed by atoms with Crippen molar-refractivity contribution in [3.05, 3.63) is 49.2 Å². The maximum Gasteiger partial charge on any atom is 0.241 e. The molecule has 0 bridgehead atoms. The van der Waals surface area contributed by atoms with Crippen LogP contribution >= 0.6 is 0 Å². The highest BCUT2D eigenvalue weighted by Gasteiger charge is 2.36. The molecule has 0 amide bonds. The topological polar surface area (TPSA) is 59.5 Å². The molecule has 126 valence electrons. The summed E-state index contributed by atoms with van der Waals surface area (Å²) in [6.07, 6.45) is 11.6. The van der Waals surface area contributed by atoms with Gasteiger partial charge >= 0.3 is 0 Å². The average molecular weight is 336 g/mol. The predicted octanol–water partition coefficient (Wildman–Crippen LogP) is 3.35. The smallest absolute Gasteiger partial charge is 0.241 e. The molecule has 1 fully saturated rings. The summed E-state index contributed by atoms with van der Waals surface area (Å²) < 4.78 is 17.9. The molecule has 0 saturated heterocycles. The van der Waals surface area contributed by atoms with Gasteiger partial charge in [0.1, 0.15) is 11.3 Å². The standard InChI is InChI=1S/C18H17FN6/c19-18(5-1-6-18)12-22-17-21-10-15-14(4-8-25(15)23-17)13-2-3-16-20-7-9-24(16)11-13/h2-4,7-11H,1,5-6,12H2,(H,22,23). The van der Waals surface area contributed by atoms with E-state index in [1.807, 2.05) is 41.2 Å². The minimum atomic E-state index is -1.10. The van der Waals surface area contributed by atoms with E-state index < -0.39 is 5.67 Å². The van der Waals surface area contributed by atoms with Gasteiger partial charge in [-0.1, -0.05) is 0 Å². The van der Waals surface area contributed by atoms with Crippen molar-refractivity contribution in [2.45, 2.75) is 24.9 Å². The summed E-state index contributed by atoms with van der Waals surface area (Å²) in [5.74, 6) is 0.448. The second-order valence-electron chi connectivity index (χ2n) is 6.61. The zero-order valence-corrected chi connectivity index (χ0v) is 13.6. The van der Waals surface area contributed by atoms with Gasteiger partial charge in [0, 0.05) is 35.9 Å². The monoisotopic (exact) mass is 336 g/mol. The molecule has 0 unspecified atom stereocenters. The van der Waals surface area contributed by atoms with Gasteiger partial charge in [0.05, 0.1) is 18.3 Å². The van der Waals surface area contributed by atoms with Crippen LogP contribution in [0.2, 0.25) is 0 Å². The minimum absolute atomic E-state index is 0.268. The number of aromatic nitrogens is 5. The second kappa shape index (κ2) is 5.27. The summed E-state index contributed by atoms with van der Waals surface area (Å²) in [6, 6.07) is 6.02. The molecule has 1 saturated carbocycles. The highest BCUT2D eigenvalue weighted by Crippen LogP contribution is 2.35. The van der Waals surface area contributed by atoms with Crippen LogP contribution in [0.4, 0.5) is 10.3 Å². The van der Waals surface area contributed by atoms with E-state index in [2.05, 4.69) is 20.4 Å². The number of rotatable bonds is 4. The second-order valence-corrected chi connectivity index (χ2v) is 6.61. The number of pyridine rings is 1. The number of hydrogen-bond donors (Lipinski definition) is 1. The van der Waals surface area contributed by atoms with E-state index in [0.717, 1.165) is 28.7 Å². The van der Waals surface area contributed by atoms with Gasteiger partial charge in [0.25, 0.3) is 0 Å². The molecule has 1 aliphatic carbocycles. The average Bonchev–Trinajstić information content (AvgIpc) is 3.23. The van der Waals surface area contributed by atoms with Crippen molar-refractivity contribution in [2.75, 3.05) is 11.9 Å². The third-order valence-corrected chi connectivity index (χ3v) is 4.93. The lowest BCUT2D eigenvalue weighted by molar-refractivity contribution is 0.0782. The normalized spacial score (nSPS) is 16.2. The van der Waals surface area contributed by atoms with Crippen molar-refractivity contribution >= 4 is 17.1 Å². The molecular formula is C18H17FN6. The molecule has 0 atom stereocenters. The molecule has 4 aromatic heterocycles. The van der Waals surface area contributed by atoms with Gasteiger partial charge in [0.15, 0.2) is 0 Å². The quantitative estimate of drug-likeness (QED) is 0.621. The Morgan fingerprint density at radius 2 is 2.08 bits per heavy atom. The lowest BCUT2D eigenvalue weighted by Crippen LogP contribution is -2.39. The molecule has 1 N–H and O–H groups in total. The number of nitrogens with one attached hydrogen (secondary N) is 1. The van der Waals surface area contributed by atoms with E-state index in [1.54, 1.807) is 16.9 Å². The summed E-state index contributed by atoms with van der Waals surface area (Å²) in [5.41, 5.74) is 2.83. The lowest BCUT2D eigenvalue weighted by Gasteiger charge is -2.33. The SMILES string of the molecule is FC1(CNc2ncc3c(-c4ccc5nccn5c4)ccn3n2)CCC1. The van der Waals surface area contributed by atoms with E-state index in [1.165, 1.54) is 0 Å². The van der Waals surface area contributed by atoms with E-state index in [4.69, 9.17) is 0 Å².